The second-order valence-electron chi connectivity index (χ2n) is 6.79. The Bertz CT molecular complexity index is 1020. The average molecular weight is 411 g/mol. The lowest BCUT2D eigenvalue weighted by molar-refractivity contribution is -0.113. The van der Waals surface area contributed by atoms with E-state index in [0.717, 1.165) is 5.56 Å². The van der Waals surface area contributed by atoms with E-state index < -0.39 is 12.1 Å². The fraction of sp³-hybridized carbons (Fsp3) is 0.273. The molecule has 0 bridgehead atoms. The highest BCUT2D eigenvalue weighted by atomic mass is 16.5. The number of aryl methyl sites for hydroxylation is 1. The third-order valence-corrected chi connectivity index (χ3v) is 4.95. The summed E-state index contributed by atoms with van der Waals surface area (Å²) in [5.74, 6) is 1.05. The van der Waals surface area contributed by atoms with Crippen LogP contribution in [0.2, 0.25) is 0 Å². The lowest BCUT2D eigenvalue weighted by atomic mass is 9.93. The summed E-state index contributed by atoms with van der Waals surface area (Å²) in [6.45, 7) is 3.60. The minimum atomic E-state index is -0.752. The summed E-state index contributed by atoms with van der Waals surface area (Å²) in [6.07, 6.45) is 0. The molecule has 3 amide bonds. The molecule has 1 aliphatic rings. The van der Waals surface area contributed by atoms with Gasteiger partial charge in [0.05, 0.1) is 32.9 Å². The highest BCUT2D eigenvalue weighted by Crippen LogP contribution is 2.40. The molecule has 8 nitrogen and oxygen atoms in total. The van der Waals surface area contributed by atoms with E-state index in [4.69, 9.17) is 14.2 Å². The smallest absolute Gasteiger partial charge is 0.319 e. The number of nitrogens with one attached hydrogen (secondary N) is 3. The predicted octanol–water partition coefficient (Wildman–Crippen LogP) is 3.29. The maximum absolute atomic E-state index is 13.2. The van der Waals surface area contributed by atoms with Gasteiger partial charge in [-0.05, 0) is 31.5 Å². The Kier molecular flexibility index (Phi) is 6.15. The van der Waals surface area contributed by atoms with Gasteiger partial charge in [0.2, 0.25) is 0 Å². The van der Waals surface area contributed by atoms with E-state index in [0.29, 0.717) is 39.8 Å². The van der Waals surface area contributed by atoms with Crippen LogP contribution in [0.4, 0.5) is 10.5 Å². The number of rotatable bonds is 6. The van der Waals surface area contributed by atoms with Crippen LogP contribution < -0.4 is 30.2 Å². The minimum absolute atomic E-state index is 0.337. The second kappa shape index (κ2) is 8.77. The van der Waals surface area contributed by atoms with Gasteiger partial charge in [-0.15, -0.1) is 0 Å². The number of para-hydroxylation sites is 1. The molecule has 0 spiro atoms. The Hall–Kier alpha value is -3.68. The Morgan fingerprint density at radius 3 is 2.23 bits per heavy atom. The molecule has 0 unspecified atom stereocenters. The zero-order chi connectivity index (χ0) is 21.8. The first-order valence-corrected chi connectivity index (χ1v) is 9.34. The summed E-state index contributed by atoms with van der Waals surface area (Å²) in [7, 11) is 4.55. The van der Waals surface area contributed by atoms with Crippen LogP contribution in [0.15, 0.2) is 47.7 Å². The largest absolute Gasteiger partial charge is 0.496 e. The van der Waals surface area contributed by atoms with E-state index in [1.54, 1.807) is 19.1 Å². The number of benzene rings is 2. The number of carbonyl (C=O) groups excluding carboxylic acids is 2. The second-order valence-corrected chi connectivity index (χ2v) is 6.79. The van der Waals surface area contributed by atoms with Crippen molar-refractivity contribution in [3.8, 4) is 17.2 Å². The number of hydrogen-bond acceptors (Lipinski definition) is 5. The SMILES string of the molecule is COc1cc(OC)c([C@H]2NC(=O)NC(C)=C2C(=O)Nc2ccccc2C)cc1OC. The van der Waals surface area contributed by atoms with E-state index >= 15 is 0 Å². The Morgan fingerprint density at radius 2 is 1.60 bits per heavy atom. The molecule has 1 heterocycles. The lowest BCUT2D eigenvalue weighted by Gasteiger charge is -2.30. The van der Waals surface area contributed by atoms with Gasteiger partial charge in [0.15, 0.2) is 11.5 Å². The van der Waals surface area contributed by atoms with Crippen LogP contribution in [0.3, 0.4) is 0 Å². The number of ether oxygens (including phenoxy) is 3. The Morgan fingerprint density at radius 1 is 0.967 bits per heavy atom. The maximum atomic E-state index is 13.2. The normalized spacial score (nSPS) is 15.8. The zero-order valence-corrected chi connectivity index (χ0v) is 17.6. The van der Waals surface area contributed by atoms with Crippen molar-refractivity contribution < 1.29 is 23.8 Å². The van der Waals surface area contributed by atoms with Crippen LogP contribution >= 0.6 is 0 Å². The molecule has 0 radical (unpaired) electrons. The maximum Gasteiger partial charge on any atom is 0.319 e. The summed E-state index contributed by atoms with van der Waals surface area (Å²) in [6, 6.07) is 9.67. The van der Waals surface area contributed by atoms with Gasteiger partial charge in [-0.25, -0.2) is 4.79 Å². The van der Waals surface area contributed by atoms with Gasteiger partial charge in [-0.3, -0.25) is 4.79 Å². The molecule has 2 aromatic rings. The molecule has 1 aliphatic heterocycles. The van der Waals surface area contributed by atoms with Crippen molar-refractivity contribution in [1.82, 2.24) is 10.6 Å². The monoisotopic (exact) mass is 411 g/mol. The quantitative estimate of drug-likeness (QED) is 0.678. The molecule has 3 rings (SSSR count). The molecule has 30 heavy (non-hydrogen) atoms. The number of carbonyl (C=O) groups is 2. The zero-order valence-electron chi connectivity index (χ0n) is 17.6. The van der Waals surface area contributed by atoms with Crippen LogP contribution in [-0.2, 0) is 4.79 Å². The minimum Gasteiger partial charge on any atom is -0.496 e. The van der Waals surface area contributed by atoms with Crippen LogP contribution in [0.5, 0.6) is 17.2 Å². The summed E-state index contributed by atoms with van der Waals surface area (Å²) in [4.78, 5) is 25.5. The van der Waals surface area contributed by atoms with Crippen LogP contribution in [0, 0.1) is 6.92 Å². The van der Waals surface area contributed by atoms with Crippen LogP contribution in [0.1, 0.15) is 24.1 Å². The van der Waals surface area contributed by atoms with Crippen molar-refractivity contribution in [2.75, 3.05) is 26.6 Å². The first-order valence-electron chi connectivity index (χ1n) is 9.34. The third-order valence-electron chi connectivity index (χ3n) is 4.95. The molecule has 0 saturated heterocycles. The van der Waals surface area contributed by atoms with E-state index in [1.807, 2.05) is 31.2 Å². The molecule has 1 atom stereocenters. The number of amides is 3. The molecule has 0 fully saturated rings. The van der Waals surface area contributed by atoms with Crippen molar-refractivity contribution in [3.63, 3.8) is 0 Å². The molecule has 0 saturated carbocycles. The fourth-order valence-corrected chi connectivity index (χ4v) is 3.41. The van der Waals surface area contributed by atoms with Gasteiger partial charge in [0, 0.05) is 23.0 Å². The Balaban J connectivity index is 2.08. The summed E-state index contributed by atoms with van der Waals surface area (Å²) < 4.78 is 16.3. The molecular weight excluding hydrogens is 386 g/mol. The number of urea groups is 1. The predicted molar refractivity (Wildman–Crippen MR) is 113 cm³/mol. The average Bonchev–Trinajstić information content (AvgIpc) is 2.73. The van der Waals surface area contributed by atoms with Gasteiger partial charge >= 0.3 is 6.03 Å². The molecule has 3 N–H and O–H groups in total. The summed E-state index contributed by atoms with van der Waals surface area (Å²) >= 11 is 0. The van der Waals surface area contributed by atoms with Gasteiger partial charge in [-0.2, -0.15) is 0 Å². The van der Waals surface area contributed by atoms with Crippen molar-refractivity contribution in [2.24, 2.45) is 0 Å². The van der Waals surface area contributed by atoms with Crippen molar-refractivity contribution in [1.29, 1.82) is 0 Å². The first-order chi connectivity index (χ1) is 14.4. The van der Waals surface area contributed by atoms with Crippen molar-refractivity contribution >= 4 is 17.6 Å². The van der Waals surface area contributed by atoms with Crippen molar-refractivity contribution in [2.45, 2.75) is 19.9 Å². The highest BCUT2D eigenvalue weighted by Gasteiger charge is 2.34. The molecule has 0 aromatic heterocycles. The fourth-order valence-electron chi connectivity index (χ4n) is 3.41. The summed E-state index contributed by atoms with van der Waals surface area (Å²) in [5.41, 5.74) is 3.00. The standard InChI is InChI=1S/C22H25N3O5/c1-12-8-6-7-9-15(12)24-21(26)19-13(2)23-22(27)25-20(19)14-10-17(29-4)18(30-5)11-16(14)28-3/h6-11,20H,1-5H3,(H,24,26)(H2,23,25,27)/t20-/m1/s1. The lowest BCUT2D eigenvalue weighted by Crippen LogP contribution is -2.46. The number of allylic oxidation sites excluding steroid dienone is 1. The first kappa shape index (κ1) is 21.0. The molecular formula is C22H25N3O5. The molecule has 0 aliphatic carbocycles. The van der Waals surface area contributed by atoms with E-state index in [9.17, 15) is 9.59 Å². The Labute approximate surface area is 175 Å². The van der Waals surface area contributed by atoms with Gasteiger partial charge in [0.25, 0.3) is 5.91 Å². The third kappa shape index (κ3) is 4.03. The van der Waals surface area contributed by atoms with E-state index in [2.05, 4.69) is 16.0 Å². The topological polar surface area (TPSA) is 97.9 Å². The molecule has 2 aromatic carbocycles. The number of methoxy groups -OCH3 is 3. The van der Waals surface area contributed by atoms with E-state index in [1.165, 1.54) is 21.3 Å². The van der Waals surface area contributed by atoms with Crippen molar-refractivity contribution in [3.05, 3.63) is 58.8 Å². The van der Waals surface area contributed by atoms with Gasteiger partial charge in [0.1, 0.15) is 5.75 Å². The summed E-state index contributed by atoms with van der Waals surface area (Å²) in [5, 5.41) is 8.41. The van der Waals surface area contributed by atoms with E-state index in [-0.39, 0.29) is 5.91 Å². The van der Waals surface area contributed by atoms with Gasteiger partial charge < -0.3 is 30.2 Å². The number of anilines is 1. The van der Waals surface area contributed by atoms with Crippen LogP contribution in [0.25, 0.3) is 0 Å². The molecule has 8 heteroatoms. The highest BCUT2D eigenvalue weighted by molar-refractivity contribution is 6.07. The van der Waals surface area contributed by atoms with Crippen LogP contribution in [-0.4, -0.2) is 33.3 Å². The van der Waals surface area contributed by atoms with Gasteiger partial charge in [-0.1, -0.05) is 18.2 Å². The molecule has 158 valence electrons. The number of hydrogen-bond donors (Lipinski definition) is 3.